The SMILES string of the molecule is CNCCC(C)(C)Cc1c(C)cc(C)cc1C. The third-order valence-corrected chi connectivity index (χ3v) is 3.55. The number of aryl methyl sites for hydroxylation is 3. The molecule has 0 saturated carbocycles. The fraction of sp³-hybridized carbons (Fsp3) is 0.625. The van der Waals surface area contributed by atoms with Gasteiger partial charge in [0, 0.05) is 0 Å². The first-order valence-corrected chi connectivity index (χ1v) is 6.57. The highest BCUT2D eigenvalue weighted by molar-refractivity contribution is 5.38. The summed E-state index contributed by atoms with van der Waals surface area (Å²) in [5.74, 6) is 0. The highest BCUT2D eigenvalue weighted by Crippen LogP contribution is 2.29. The number of hydrogen-bond acceptors (Lipinski definition) is 1. The van der Waals surface area contributed by atoms with E-state index in [0.717, 1.165) is 6.54 Å². The first kappa shape index (κ1) is 14.2. The molecule has 1 N–H and O–H groups in total. The van der Waals surface area contributed by atoms with Crippen molar-refractivity contribution in [2.75, 3.05) is 13.6 Å². The van der Waals surface area contributed by atoms with Gasteiger partial charge in [0.05, 0.1) is 0 Å². The molecule has 0 aromatic heterocycles. The number of rotatable bonds is 5. The van der Waals surface area contributed by atoms with E-state index >= 15 is 0 Å². The monoisotopic (exact) mass is 233 g/mol. The molecule has 0 aliphatic rings. The van der Waals surface area contributed by atoms with Crippen LogP contribution in [0.25, 0.3) is 0 Å². The Morgan fingerprint density at radius 3 is 2.06 bits per heavy atom. The van der Waals surface area contributed by atoms with E-state index in [-0.39, 0.29) is 0 Å². The van der Waals surface area contributed by atoms with Gasteiger partial charge in [0.15, 0.2) is 0 Å². The van der Waals surface area contributed by atoms with Gasteiger partial charge in [-0.25, -0.2) is 0 Å². The molecule has 0 saturated heterocycles. The molecule has 0 spiro atoms. The lowest BCUT2D eigenvalue weighted by Gasteiger charge is -2.26. The van der Waals surface area contributed by atoms with Gasteiger partial charge in [-0.3, -0.25) is 0 Å². The molecule has 1 aromatic rings. The normalized spacial score (nSPS) is 11.9. The summed E-state index contributed by atoms with van der Waals surface area (Å²) in [6.45, 7) is 12.5. The van der Waals surface area contributed by atoms with Crippen LogP contribution >= 0.6 is 0 Å². The average Bonchev–Trinajstić information content (AvgIpc) is 2.21. The Hall–Kier alpha value is -0.820. The summed E-state index contributed by atoms with van der Waals surface area (Å²) >= 11 is 0. The van der Waals surface area contributed by atoms with Crippen LogP contribution in [-0.2, 0) is 6.42 Å². The van der Waals surface area contributed by atoms with Crippen LogP contribution in [0, 0.1) is 26.2 Å². The van der Waals surface area contributed by atoms with E-state index < -0.39 is 0 Å². The van der Waals surface area contributed by atoms with Crippen LogP contribution in [0.3, 0.4) is 0 Å². The predicted octanol–water partition coefficient (Wildman–Crippen LogP) is 3.79. The Morgan fingerprint density at radius 2 is 1.59 bits per heavy atom. The third kappa shape index (κ3) is 4.16. The molecular weight excluding hydrogens is 206 g/mol. The van der Waals surface area contributed by atoms with Crippen molar-refractivity contribution >= 4 is 0 Å². The van der Waals surface area contributed by atoms with Crippen LogP contribution in [0.15, 0.2) is 12.1 Å². The lowest BCUT2D eigenvalue weighted by Crippen LogP contribution is -2.22. The second-order valence-electron chi connectivity index (χ2n) is 6.07. The summed E-state index contributed by atoms with van der Waals surface area (Å²) < 4.78 is 0. The van der Waals surface area contributed by atoms with Crippen LogP contribution in [-0.4, -0.2) is 13.6 Å². The van der Waals surface area contributed by atoms with E-state index in [1.54, 1.807) is 0 Å². The molecule has 0 unspecified atom stereocenters. The first-order chi connectivity index (χ1) is 7.85. The third-order valence-electron chi connectivity index (χ3n) is 3.55. The molecule has 0 aliphatic heterocycles. The molecule has 0 bridgehead atoms. The topological polar surface area (TPSA) is 12.0 Å². The second kappa shape index (κ2) is 5.68. The zero-order valence-electron chi connectivity index (χ0n) is 12.3. The molecular formula is C16H27N. The molecule has 1 aromatic carbocycles. The highest BCUT2D eigenvalue weighted by atomic mass is 14.8. The van der Waals surface area contributed by atoms with Crippen molar-refractivity contribution in [3.05, 3.63) is 34.4 Å². The smallest absolute Gasteiger partial charge is 0.00467 e. The van der Waals surface area contributed by atoms with Gasteiger partial charge in [-0.1, -0.05) is 31.5 Å². The van der Waals surface area contributed by atoms with E-state index in [0.29, 0.717) is 5.41 Å². The zero-order valence-corrected chi connectivity index (χ0v) is 12.3. The maximum Gasteiger partial charge on any atom is -0.00467 e. The minimum atomic E-state index is 0.369. The summed E-state index contributed by atoms with van der Waals surface area (Å²) in [4.78, 5) is 0. The predicted molar refractivity (Wildman–Crippen MR) is 76.7 cm³/mol. The van der Waals surface area contributed by atoms with Gasteiger partial charge < -0.3 is 5.32 Å². The lowest BCUT2D eigenvalue weighted by molar-refractivity contribution is 0.328. The molecule has 1 nitrogen and oxygen atoms in total. The van der Waals surface area contributed by atoms with Crippen molar-refractivity contribution in [1.82, 2.24) is 5.32 Å². The van der Waals surface area contributed by atoms with Crippen LogP contribution in [0.2, 0.25) is 0 Å². The van der Waals surface area contributed by atoms with Crippen LogP contribution in [0.4, 0.5) is 0 Å². The molecule has 1 rings (SSSR count). The summed E-state index contributed by atoms with van der Waals surface area (Å²) in [5.41, 5.74) is 6.17. The first-order valence-electron chi connectivity index (χ1n) is 6.57. The largest absolute Gasteiger partial charge is 0.320 e. The lowest BCUT2D eigenvalue weighted by atomic mass is 9.80. The van der Waals surface area contributed by atoms with Gasteiger partial charge in [0.25, 0.3) is 0 Å². The van der Waals surface area contributed by atoms with Crippen LogP contribution in [0.1, 0.15) is 42.5 Å². The van der Waals surface area contributed by atoms with E-state index in [1.165, 1.54) is 35.1 Å². The second-order valence-corrected chi connectivity index (χ2v) is 6.07. The molecule has 0 aliphatic carbocycles. The Kier molecular flexibility index (Phi) is 4.76. The fourth-order valence-electron chi connectivity index (χ4n) is 2.52. The van der Waals surface area contributed by atoms with Crippen LogP contribution < -0.4 is 5.32 Å². The Balaban J connectivity index is 2.87. The van der Waals surface area contributed by atoms with E-state index in [4.69, 9.17) is 0 Å². The van der Waals surface area contributed by atoms with Crippen molar-refractivity contribution in [2.24, 2.45) is 5.41 Å². The molecule has 0 fully saturated rings. The maximum absolute atomic E-state index is 3.25. The van der Waals surface area contributed by atoms with Crippen LogP contribution in [0.5, 0.6) is 0 Å². The number of nitrogens with one attached hydrogen (secondary N) is 1. The zero-order chi connectivity index (χ0) is 13.1. The Bertz CT molecular complexity index is 354. The van der Waals surface area contributed by atoms with Gasteiger partial charge in [-0.05, 0) is 69.3 Å². The fourth-order valence-corrected chi connectivity index (χ4v) is 2.52. The van der Waals surface area contributed by atoms with Gasteiger partial charge in [0.2, 0.25) is 0 Å². The van der Waals surface area contributed by atoms with Gasteiger partial charge in [-0.2, -0.15) is 0 Å². The highest BCUT2D eigenvalue weighted by Gasteiger charge is 2.20. The van der Waals surface area contributed by atoms with E-state index in [9.17, 15) is 0 Å². The molecule has 0 amide bonds. The molecule has 0 radical (unpaired) electrons. The summed E-state index contributed by atoms with van der Waals surface area (Å²) in [7, 11) is 2.03. The number of benzene rings is 1. The van der Waals surface area contributed by atoms with Crippen molar-refractivity contribution in [1.29, 1.82) is 0 Å². The van der Waals surface area contributed by atoms with Crippen molar-refractivity contribution < 1.29 is 0 Å². The van der Waals surface area contributed by atoms with E-state index in [2.05, 4.69) is 52.1 Å². The molecule has 0 atom stereocenters. The summed E-state index contributed by atoms with van der Waals surface area (Å²) in [6.07, 6.45) is 2.39. The van der Waals surface area contributed by atoms with Gasteiger partial charge in [-0.15, -0.1) is 0 Å². The number of hydrogen-bond donors (Lipinski definition) is 1. The quantitative estimate of drug-likeness (QED) is 0.816. The molecule has 1 heteroatoms. The Labute approximate surface area is 107 Å². The van der Waals surface area contributed by atoms with Crippen molar-refractivity contribution in [3.8, 4) is 0 Å². The summed E-state index contributed by atoms with van der Waals surface area (Å²) in [5, 5.41) is 3.25. The molecule has 0 heterocycles. The molecule has 17 heavy (non-hydrogen) atoms. The van der Waals surface area contributed by atoms with Gasteiger partial charge >= 0.3 is 0 Å². The minimum absolute atomic E-state index is 0.369. The van der Waals surface area contributed by atoms with Crippen molar-refractivity contribution in [2.45, 2.75) is 47.5 Å². The Morgan fingerprint density at radius 1 is 1.06 bits per heavy atom. The standard InChI is InChI=1S/C16H27N/c1-12-9-13(2)15(14(3)10-12)11-16(4,5)7-8-17-6/h9-10,17H,7-8,11H2,1-6H3. The molecule has 96 valence electrons. The van der Waals surface area contributed by atoms with E-state index in [1.807, 2.05) is 7.05 Å². The van der Waals surface area contributed by atoms with Gasteiger partial charge in [0.1, 0.15) is 0 Å². The summed E-state index contributed by atoms with van der Waals surface area (Å²) in [6, 6.07) is 4.60. The minimum Gasteiger partial charge on any atom is -0.320 e. The average molecular weight is 233 g/mol. The maximum atomic E-state index is 3.25. The van der Waals surface area contributed by atoms with Crippen molar-refractivity contribution in [3.63, 3.8) is 0 Å².